The molecule has 0 aliphatic carbocycles. The molecular formula is C25H34F4N6O5. The van der Waals surface area contributed by atoms with Gasteiger partial charge in [0.05, 0.1) is 6.04 Å². The third-order valence-corrected chi connectivity index (χ3v) is 6.17. The van der Waals surface area contributed by atoms with Crippen molar-refractivity contribution in [3.63, 3.8) is 0 Å². The number of aliphatic imine (C=N–C) groups is 1. The van der Waals surface area contributed by atoms with E-state index < -0.39 is 66.3 Å². The number of ether oxygens (including phenoxy) is 1. The first-order chi connectivity index (χ1) is 18.7. The van der Waals surface area contributed by atoms with Gasteiger partial charge in [-0.05, 0) is 49.8 Å². The number of Topliss-reactive ketones (excluding diaryl/α,β-unsaturated/α-hetero) is 1. The Morgan fingerprint density at radius 1 is 1.18 bits per heavy atom. The van der Waals surface area contributed by atoms with Crippen molar-refractivity contribution in [3.8, 4) is 5.75 Å². The zero-order valence-corrected chi connectivity index (χ0v) is 22.2. The van der Waals surface area contributed by atoms with Crippen LogP contribution in [0.2, 0.25) is 0 Å². The van der Waals surface area contributed by atoms with Crippen molar-refractivity contribution < 1.29 is 41.5 Å². The van der Waals surface area contributed by atoms with Gasteiger partial charge in [-0.2, -0.15) is 0 Å². The molecule has 0 radical (unpaired) electrons. The molecule has 1 saturated heterocycles. The van der Waals surface area contributed by atoms with Gasteiger partial charge in [-0.25, -0.2) is 4.39 Å². The van der Waals surface area contributed by atoms with Crippen molar-refractivity contribution in [3.05, 3.63) is 29.8 Å². The fourth-order valence-electron chi connectivity index (χ4n) is 4.23. The number of halogens is 4. The number of hydrogen-bond donors (Lipinski definition) is 4. The van der Waals surface area contributed by atoms with Gasteiger partial charge in [0, 0.05) is 18.7 Å². The van der Waals surface area contributed by atoms with Crippen LogP contribution >= 0.6 is 0 Å². The summed E-state index contributed by atoms with van der Waals surface area (Å²) in [5.74, 6) is -4.07. The van der Waals surface area contributed by atoms with E-state index in [2.05, 4.69) is 20.4 Å². The standard InChI is InChI=1S/C25H34F4N6O5/c1-14(2)20(34-21(37)15-6-3-7-16(12-15)40-25(27,28)29)23(39)35-11-5-9-18(35)22(38)33-17(19(36)13-26)8-4-10-32-24(30)31/h3,6-7,12,14,17-18,20H,4-5,8-11,13H2,1-2H3,(H,33,38)(H,34,37)(H4,30,31,32)/t17-,18-,20?/m0/s1. The Morgan fingerprint density at radius 2 is 1.88 bits per heavy atom. The molecule has 1 aromatic rings. The summed E-state index contributed by atoms with van der Waals surface area (Å²) in [6, 6.07) is 1.17. The average molecular weight is 575 g/mol. The molecule has 1 aromatic carbocycles. The van der Waals surface area contributed by atoms with Crippen LogP contribution in [0, 0.1) is 5.92 Å². The van der Waals surface area contributed by atoms with Gasteiger partial charge < -0.3 is 31.7 Å². The number of rotatable bonds is 13. The quantitative estimate of drug-likeness (QED) is 0.119. The second kappa shape index (κ2) is 14.5. The molecule has 1 aliphatic rings. The number of carbonyl (C=O) groups is 4. The van der Waals surface area contributed by atoms with Crippen LogP contribution in [0.25, 0.3) is 0 Å². The predicted molar refractivity (Wildman–Crippen MR) is 137 cm³/mol. The molecule has 0 spiro atoms. The van der Waals surface area contributed by atoms with Crippen LogP contribution in [0.1, 0.15) is 49.9 Å². The van der Waals surface area contributed by atoms with Crippen LogP contribution in [0.5, 0.6) is 5.75 Å². The van der Waals surface area contributed by atoms with Crippen LogP contribution < -0.4 is 26.8 Å². The Labute approximate surface area is 228 Å². The Kier molecular flexibility index (Phi) is 11.7. The molecule has 2 rings (SSSR count). The van der Waals surface area contributed by atoms with Gasteiger partial charge in [0.1, 0.15) is 24.5 Å². The summed E-state index contributed by atoms with van der Waals surface area (Å²) in [6.45, 7) is 2.38. The number of ketones is 1. The number of benzene rings is 1. The molecular weight excluding hydrogens is 540 g/mol. The zero-order valence-electron chi connectivity index (χ0n) is 22.2. The van der Waals surface area contributed by atoms with Crippen molar-refractivity contribution in [1.29, 1.82) is 0 Å². The van der Waals surface area contributed by atoms with Crippen molar-refractivity contribution in [1.82, 2.24) is 15.5 Å². The fraction of sp³-hybridized carbons (Fsp3) is 0.560. The first-order valence-electron chi connectivity index (χ1n) is 12.6. The van der Waals surface area contributed by atoms with E-state index in [4.69, 9.17) is 11.5 Å². The minimum atomic E-state index is -4.95. The lowest BCUT2D eigenvalue weighted by Crippen LogP contribution is -2.56. The van der Waals surface area contributed by atoms with Gasteiger partial charge >= 0.3 is 6.36 Å². The topological polar surface area (TPSA) is 169 Å². The number of carbonyl (C=O) groups excluding carboxylic acids is 4. The maximum absolute atomic E-state index is 13.5. The highest BCUT2D eigenvalue weighted by Crippen LogP contribution is 2.24. The van der Waals surface area contributed by atoms with Crippen molar-refractivity contribution in [2.24, 2.45) is 22.4 Å². The summed E-state index contributed by atoms with van der Waals surface area (Å²) in [5, 5.41) is 5.05. The molecule has 11 nitrogen and oxygen atoms in total. The highest BCUT2D eigenvalue weighted by Gasteiger charge is 2.39. The molecule has 40 heavy (non-hydrogen) atoms. The summed E-state index contributed by atoms with van der Waals surface area (Å²) in [5.41, 5.74) is 10.4. The minimum Gasteiger partial charge on any atom is -0.406 e. The number of guanidine groups is 1. The molecule has 15 heteroatoms. The summed E-state index contributed by atoms with van der Waals surface area (Å²) in [4.78, 5) is 56.5. The van der Waals surface area contributed by atoms with Crippen molar-refractivity contribution in [2.75, 3.05) is 19.8 Å². The number of nitrogens with two attached hydrogens (primary N) is 2. The van der Waals surface area contributed by atoms with Crippen molar-refractivity contribution in [2.45, 2.75) is 64.0 Å². The van der Waals surface area contributed by atoms with Crippen molar-refractivity contribution >= 4 is 29.5 Å². The third kappa shape index (κ3) is 9.68. The average Bonchev–Trinajstić information content (AvgIpc) is 3.37. The molecule has 6 N–H and O–H groups in total. The Bertz CT molecular complexity index is 1090. The summed E-state index contributed by atoms with van der Waals surface area (Å²) < 4.78 is 54.7. The van der Waals surface area contributed by atoms with E-state index in [1.807, 2.05) is 0 Å². The lowest BCUT2D eigenvalue weighted by molar-refractivity contribution is -0.274. The lowest BCUT2D eigenvalue weighted by Gasteiger charge is -2.31. The highest BCUT2D eigenvalue weighted by molar-refractivity contribution is 5.99. The molecule has 0 aromatic heterocycles. The van der Waals surface area contributed by atoms with Gasteiger partial charge in [0.25, 0.3) is 5.91 Å². The maximum Gasteiger partial charge on any atom is 0.573 e. The molecule has 222 valence electrons. The van der Waals surface area contributed by atoms with E-state index in [1.165, 1.54) is 17.0 Å². The van der Waals surface area contributed by atoms with Crippen LogP contribution in [0.15, 0.2) is 29.3 Å². The predicted octanol–water partition coefficient (Wildman–Crippen LogP) is 1.41. The van der Waals surface area contributed by atoms with E-state index in [0.29, 0.717) is 12.8 Å². The second-order valence-corrected chi connectivity index (χ2v) is 9.57. The van der Waals surface area contributed by atoms with Crippen LogP contribution in [-0.2, 0) is 14.4 Å². The first-order valence-corrected chi connectivity index (χ1v) is 12.6. The number of likely N-dealkylation sites (tertiary alicyclic amines) is 1. The van der Waals surface area contributed by atoms with Gasteiger partial charge in [-0.3, -0.25) is 24.2 Å². The molecule has 3 atom stereocenters. The summed E-state index contributed by atoms with van der Waals surface area (Å²) >= 11 is 0. The second-order valence-electron chi connectivity index (χ2n) is 9.57. The smallest absolute Gasteiger partial charge is 0.406 e. The van der Waals surface area contributed by atoms with Crippen LogP contribution in [-0.4, -0.2) is 78.6 Å². The molecule has 1 fully saturated rings. The zero-order chi connectivity index (χ0) is 30.0. The van der Waals surface area contributed by atoms with Crippen LogP contribution in [0.3, 0.4) is 0 Å². The third-order valence-electron chi connectivity index (χ3n) is 6.17. The molecule has 1 heterocycles. The minimum absolute atomic E-state index is 0.0771. The number of alkyl halides is 4. The van der Waals surface area contributed by atoms with Gasteiger partial charge in [0.2, 0.25) is 11.8 Å². The Morgan fingerprint density at radius 3 is 2.48 bits per heavy atom. The highest BCUT2D eigenvalue weighted by atomic mass is 19.4. The molecule has 0 bridgehead atoms. The monoisotopic (exact) mass is 574 g/mol. The van der Waals surface area contributed by atoms with E-state index in [1.54, 1.807) is 13.8 Å². The largest absolute Gasteiger partial charge is 0.573 e. The normalized spacial score (nSPS) is 16.7. The van der Waals surface area contributed by atoms with Crippen LogP contribution in [0.4, 0.5) is 17.6 Å². The van der Waals surface area contributed by atoms with E-state index in [-0.39, 0.29) is 37.5 Å². The number of nitrogens with one attached hydrogen (secondary N) is 2. The number of hydrogen-bond acceptors (Lipinski definition) is 6. The van der Waals surface area contributed by atoms with Gasteiger partial charge in [-0.15, -0.1) is 13.2 Å². The van der Waals surface area contributed by atoms with Gasteiger partial charge in [0.15, 0.2) is 11.7 Å². The Balaban J connectivity index is 2.13. The van der Waals surface area contributed by atoms with Gasteiger partial charge in [-0.1, -0.05) is 19.9 Å². The Hall–Kier alpha value is -3.91. The SMILES string of the molecule is CC(C)C(NC(=O)c1cccc(OC(F)(F)F)c1)C(=O)N1CCC[C@H]1C(=O)N[C@@H](CCCN=C(N)N)C(=O)CF. The molecule has 1 aliphatic heterocycles. The number of amides is 3. The fourth-order valence-corrected chi connectivity index (χ4v) is 4.23. The molecule has 1 unspecified atom stereocenters. The summed E-state index contributed by atoms with van der Waals surface area (Å²) in [6.07, 6.45) is -3.84. The number of nitrogens with zero attached hydrogens (tertiary/aromatic N) is 2. The van der Waals surface area contributed by atoms with E-state index in [9.17, 15) is 36.7 Å². The maximum atomic E-state index is 13.5. The first kappa shape index (κ1) is 32.3. The lowest BCUT2D eigenvalue weighted by atomic mass is 10.0. The van der Waals surface area contributed by atoms with E-state index in [0.717, 1.165) is 12.1 Å². The summed E-state index contributed by atoms with van der Waals surface area (Å²) in [7, 11) is 0. The van der Waals surface area contributed by atoms with E-state index >= 15 is 0 Å². The molecule has 3 amide bonds. The molecule has 0 saturated carbocycles.